The van der Waals surface area contributed by atoms with Crippen LogP contribution < -0.4 is 5.32 Å². The summed E-state index contributed by atoms with van der Waals surface area (Å²) in [5, 5.41) is 2.63. The number of carbonyl (C=O) groups is 4. The van der Waals surface area contributed by atoms with Crippen molar-refractivity contribution >= 4 is 31.7 Å². The number of carbonyl (C=O) groups excluding carboxylic acids is 4. The maximum Gasteiger partial charge on any atom is 0.410 e. The van der Waals surface area contributed by atoms with Crippen LogP contribution in [0.5, 0.6) is 0 Å². The van der Waals surface area contributed by atoms with Gasteiger partial charge in [-0.2, -0.15) is 0 Å². The molecular weight excluding hydrogens is 617 g/mol. The van der Waals surface area contributed by atoms with Gasteiger partial charge in [-0.15, -0.1) is 0 Å². The number of alkyl carbamates (subject to hydrolysis) is 1. The molecule has 0 aliphatic heterocycles. The van der Waals surface area contributed by atoms with Crippen LogP contribution in [-0.4, -0.2) is 98.2 Å². The summed E-state index contributed by atoms with van der Waals surface area (Å²) in [6.45, 7) is 11.5. The van der Waals surface area contributed by atoms with Gasteiger partial charge in [-0.05, 0) is 65.9 Å². The molecule has 1 N–H and O–H groups in total. The molecule has 1 aromatic carbocycles. The highest BCUT2D eigenvalue weighted by molar-refractivity contribution is 7.53. The Bertz CT molecular complexity index is 1100. The lowest BCUT2D eigenvalue weighted by Crippen LogP contribution is -2.49. The Morgan fingerprint density at radius 1 is 0.935 bits per heavy atom. The maximum absolute atomic E-state index is 13.1. The van der Waals surface area contributed by atoms with Crippen LogP contribution in [0.15, 0.2) is 30.3 Å². The summed E-state index contributed by atoms with van der Waals surface area (Å²) in [4.78, 5) is 54.1. The molecule has 46 heavy (non-hydrogen) atoms. The van der Waals surface area contributed by atoms with Crippen molar-refractivity contribution in [1.82, 2.24) is 15.1 Å². The van der Waals surface area contributed by atoms with Gasteiger partial charge in [0.15, 0.2) is 0 Å². The molecule has 13 nitrogen and oxygen atoms in total. The van der Waals surface area contributed by atoms with Crippen LogP contribution >= 0.6 is 7.60 Å². The van der Waals surface area contributed by atoms with E-state index in [2.05, 4.69) is 5.32 Å². The van der Waals surface area contributed by atoms with Crippen LogP contribution in [0.2, 0.25) is 0 Å². The number of methoxy groups -OCH3 is 1. The molecule has 14 heteroatoms. The van der Waals surface area contributed by atoms with Crippen molar-refractivity contribution in [1.29, 1.82) is 0 Å². The summed E-state index contributed by atoms with van der Waals surface area (Å²) in [5.74, 6) is -0.812. The highest BCUT2D eigenvalue weighted by atomic mass is 31.2. The molecule has 0 saturated heterocycles. The second kappa shape index (κ2) is 21.6. The molecule has 0 aliphatic carbocycles. The fourth-order valence-electron chi connectivity index (χ4n) is 4.49. The Morgan fingerprint density at radius 3 is 2.15 bits per heavy atom. The standard InChI is InChI=1S/C32H54N3O10P/c1-8-16-28(36)35(22-20-33-30(38)45-32(4,5)6)27(29(37)41-7)19-14-15-21-34(23-24-46(40,43-9-2)44-10-3)31(39)42-25-26-17-12-11-13-18-26/h11-13,17-18,27H,8-10,14-16,19-25H2,1-7H3,(H,33,38)/t27-/m1/s1. The minimum absolute atomic E-state index is 0.0101. The van der Waals surface area contributed by atoms with Crippen LogP contribution in [0.4, 0.5) is 9.59 Å². The van der Waals surface area contributed by atoms with E-state index >= 15 is 0 Å². The van der Waals surface area contributed by atoms with Gasteiger partial charge in [0.05, 0.1) is 26.5 Å². The average Bonchev–Trinajstić information content (AvgIpc) is 2.99. The Kier molecular flexibility index (Phi) is 19.2. The first-order chi connectivity index (χ1) is 21.8. The zero-order valence-corrected chi connectivity index (χ0v) is 29.5. The molecule has 0 heterocycles. The first-order valence-corrected chi connectivity index (χ1v) is 17.7. The molecule has 262 valence electrons. The molecule has 0 aliphatic rings. The van der Waals surface area contributed by atoms with Crippen molar-refractivity contribution in [3.05, 3.63) is 35.9 Å². The molecule has 0 unspecified atom stereocenters. The maximum atomic E-state index is 13.1. The largest absolute Gasteiger partial charge is 0.467 e. The monoisotopic (exact) mass is 671 g/mol. The predicted molar refractivity (Wildman–Crippen MR) is 174 cm³/mol. The van der Waals surface area contributed by atoms with Gasteiger partial charge in [0.2, 0.25) is 5.91 Å². The smallest absolute Gasteiger partial charge is 0.410 e. The summed E-state index contributed by atoms with van der Waals surface area (Å²) in [5.41, 5.74) is 0.144. The minimum atomic E-state index is -3.42. The van der Waals surface area contributed by atoms with Gasteiger partial charge in [-0.25, -0.2) is 14.4 Å². The number of unbranched alkanes of at least 4 members (excludes halogenated alkanes) is 1. The Balaban J connectivity index is 2.97. The van der Waals surface area contributed by atoms with Crippen LogP contribution in [-0.2, 0) is 44.0 Å². The first-order valence-electron chi connectivity index (χ1n) is 16.0. The van der Waals surface area contributed by atoms with Crippen molar-refractivity contribution in [2.75, 3.05) is 52.7 Å². The highest BCUT2D eigenvalue weighted by Crippen LogP contribution is 2.47. The van der Waals surface area contributed by atoms with E-state index in [-0.39, 0.29) is 70.9 Å². The zero-order valence-electron chi connectivity index (χ0n) is 28.6. The summed E-state index contributed by atoms with van der Waals surface area (Å²) in [7, 11) is -2.16. The number of benzene rings is 1. The van der Waals surface area contributed by atoms with Crippen molar-refractivity contribution in [2.24, 2.45) is 0 Å². The van der Waals surface area contributed by atoms with Crippen LogP contribution in [0.3, 0.4) is 0 Å². The average molecular weight is 672 g/mol. The fourth-order valence-corrected chi connectivity index (χ4v) is 6.10. The lowest BCUT2D eigenvalue weighted by atomic mass is 10.1. The Hall–Kier alpha value is -3.15. The summed E-state index contributed by atoms with van der Waals surface area (Å²) in [6.07, 6.45) is 0.751. The fraction of sp³-hybridized carbons (Fsp3) is 0.688. The third-order valence-electron chi connectivity index (χ3n) is 6.57. The highest BCUT2D eigenvalue weighted by Gasteiger charge is 2.31. The minimum Gasteiger partial charge on any atom is -0.467 e. The van der Waals surface area contributed by atoms with Gasteiger partial charge < -0.3 is 38.4 Å². The van der Waals surface area contributed by atoms with Crippen LogP contribution in [0.1, 0.15) is 79.2 Å². The number of hydrogen-bond donors (Lipinski definition) is 1. The summed E-state index contributed by atoms with van der Waals surface area (Å²) < 4.78 is 39.7. The van der Waals surface area contributed by atoms with Gasteiger partial charge >= 0.3 is 25.8 Å². The van der Waals surface area contributed by atoms with Crippen molar-refractivity contribution in [2.45, 2.75) is 91.9 Å². The van der Waals surface area contributed by atoms with Crippen LogP contribution in [0.25, 0.3) is 0 Å². The number of rotatable bonds is 21. The number of nitrogens with one attached hydrogen (secondary N) is 1. The van der Waals surface area contributed by atoms with E-state index in [9.17, 15) is 23.7 Å². The second-order valence-corrected chi connectivity index (χ2v) is 13.7. The number of nitrogens with zero attached hydrogens (tertiary/aromatic N) is 2. The normalized spacial score (nSPS) is 12.2. The van der Waals surface area contributed by atoms with E-state index in [1.165, 1.54) is 16.9 Å². The summed E-state index contributed by atoms with van der Waals surface area (Å²) in [6, 6.07) is 8.36. The number of amides is 3. The molecule has 1 aromatic rings. The molecule has 0 fully saturated rings. The predicted octanol–water partition coefficient (Wildman–Crippen LogP) is 5.76. The SMILES string of the molecule is CCCC(=O)N(CCNC(=O)OC(C)(C)C)[C@H](CCCCN(CCP(=O)(OCC)OCC)C(=O)OCc1ccccc1)C(=O)OC. The van der Waals surface area contributed by atoms with E-state index in [0.29, 0.717) is 19.3 Å². The topological polar surface area (TPSA) is 150 Å². The first kappa shape index (κ1) is 40.9. The lowest BCUT2D eigenvalue weighted by Gasteiger charge is -2.31. The van der Waals surface area contributed by atoms with Crippen molar-refractivity contribution < 1.29 is 47.0 Å². The molecule has 0 radical (unpaired) electrons. The molecule has 0 saturated carbocycles. The van der Waals surface area contributed by atoms with Crippen LogP contribution in [0, 0.1) is 0 Å². The van der Waals surface area contributed by atoms with Gasteiger partial charge in [0.1, 0.15) is 18.2 Å². The van der Waals surface area contributed by atoms with Gasteiger partial charge in [-0.1, -0.05) is 37.3 Å². The Morgan fingerprint density at radius 2 is 1.59 bits per heavy atom. The molecule has 1 atom stereocenters. The third kappa shape index (κ3) is 16.4. The van der Waals surface area contributed by atoms with E-state index in [1.54, 1.807) is 34.6 Å². The van der Waals surface area contributed by atoms with E-state index in [1.807, 2.05) is 37.3 Å². The molecular formula is C32H54N3O10P. The second-order valence-electron chi connectivity index (χ2n) is 11.5. The van der Waals surface area contributed by atoms with Gasteiger partial charge in [0.25, 0.3) is 0 Å². The summed E-state index contributed by atoms with van der Waals surface area (Å²) >= 11 is 0. The van der Waals surface area contributed by atoms with Gasteiger partial charge in [0, 0.05) is 32.6 Å². The number of ether oxygens (including phenoxy) is 3. The lowest BCUT2D eigenvalue weighted by molar-refractivity contribution is -0.153. The number of esters is 1. The quantitative estimate of drug-likeness (QED) is 0.0740. The van der Waals surface area contributed by atoms with E-state index < -0.39 is 37.4 Å². The molecule has 0 spiro atoms. The molecule has 1 rings (SSSR count). The molecule has 0 aromatic heterocycles. The van der Waals surface area contributed by atoms with Crippen molar-refractivity contribution in [3.63, 3.8) is 0 Å². The number of hydrogen-bond acceptors (Lipinski definition) is 10. The Labute approximate surface area is 274 Å². The van der Waals surface area contributed by atoms with E-state index in [4.69, 9.17) is 23.3 Å². The van der Waals surface area contributed by atoms with Crippen molar-refractivity contribution in [3.8, 4) is 0 Å². The molecule has 0 bridgehead atoms. The molecule has 3 amide bonds. The zero-order chi connectivity index (χ0) is 34.6. The third-order valence-corrected chi connectivity index (χ3v) is 8.62. The van der Waals surface area contributed by atoms with Gasteiger partial charge in [-0.3, -0.25) is 9.36 Å². The van der Waals surface area contributed by atoms with E-state index in [0.717, 1.165) is 5.56 Å².